The molecule has 0 spiro atoms. The van der Waals surface area contributed by atoms with Gasteiger partial charge in [0.2, 0.25) is 0 Å². The summed E-state index contributed by atoms with van der Waals surface area (Å²) >= 11 is 0. The molecule has 1 fully saturated rings. The Bertz CT molecular complexity index is 1240. The normalized spacial score (nSPS) is 15.3. The van der Waals surface area contributed by atoms with Crippen molar-refractivity contribution >= 4 is 23.2 Å². The van der Waals surface area contributed by atoms with Gasteiger partial charge in [0, 0.05) is 24.7 Å². The van der Waals surface area contributed by atoms with Gasteiger partial charge in [-0.1, -0.05) is 12.1 Å². The lowest BCUT2D eigenvalue weighted by atomic mass is 10.0. The maximum atomic E-state index is 14.4. The van der Waals surface area contributed by atoms with Crippen molar-refractivity contribution in [1.29, 1.82) is 0 Å². The van der Waals surface area contributed by atoms with Crippen LogP contribution in [0.4, 0.5) is 35.2 Å². The predicted octanol–water partition coefficient (Wildman–Crippen LogP) is 5.07. The van der Waals surface area contributed by atoms with Crippen molar-refractivity contribution in [2.24, 2.45) is 0 Å². The smallest absolute Gasteiger partial charge is 0.319 e. The molecule has 176 valence electrons. The lowest BCUT2D eigenvalue weighted by Gasteiger charge is -2.26. The van der Waals surface area contributed by atoms with Crippen molar-refractivity contribution in [2.45, 2.75) is 25.4 Å². The number of nitrogens with one attached hydrogen (secondary N) is 2. The van der Waals surface area contributed by atoms with E-state index in [4.69, 9.17) is 0 Å². The van der Waals surface area contributed by atoms with Crippen molar-refractivity contribution in [3.05, 3.63) is 93.4 Å². The van der Waals surface area contributed by atoms with Gasteiger partial charge < -0.3 is 15.5 Å². The van der Waals surface area contributed by atoms with Gasteiger partial charge in [0.05, 0.1) is 11.0 Å². The average Bonchev–Trinajstić information content (AvgIpc) is 3.29. The first-order chi connectivity index (χ1) is 16.3. The molecule has 1 atom stereocenters. The number of carbonyl (C=O) groups excluding carboxylic acids is 1. The number of benzene rings is 2. The van der Waals surface area contributed by atoms with Crippen LogP contribution in [0.25, 0.3) is 0 Å². The summed E-state index contributed by atoms with van der Waals surface area (Å²) in [7, 11) is 0. The highest BCUT2D eigenvalue weighted by atomic mass is 19.1. The van der Waals surface area contributed by atoms with Crippen LogP contribution in [-0.4, -0.2) is 22.5 Å². The van der Waals surface area contributed by atoms with Gasteiger partial charge in [-0.25, -0.2) is 22.9 Å². The molecule has 2 heterocycles. The van der Waals surface area contributed by atoms with Crippen molar-refractivity contribution < 1.29 is 22.9 Å². The summed E-state index contributed by atoms with van der Waals surface area (Å²) in [4.78, 5) is 29.0. The Labute approximate surface area is 192 Å². The zero-order valence-electron chi connectivity index (χ0n) is 17.8. The Hall–Kier alpha value is -4.15. The molecule has 0 aliphatic carbocycles. The lowest BCUT2D eigenvalue weighted by Crippen LogP contribution is -2.29. The fraction of sp³-hybridized carbons (Fsp3) is 0.217. The molecule has 1 aliphatic heterocycles. The second kappa shape index (κ2) is 9.77. The number of pyridine rings is 1. The highest BCUT2D eigenvalue weighted by Gasteiger charge is 2.31. The number of hydrogen-bond donors (Lipinski definition) is 2. The third-order valence-corrected chi connectivity index (χ3v) is 5.52. The van der Waals surface area contributed by atoms with Gasteiger partial charge in [-0.2, -0.15) is 0 Å². The molecule has 2 N–H and O–H groups in total. The number of urea groups is 1. The summed E-state index contributed by atoms with van der Waals surface area (Å²) in [6.07, 6.45) is 2.22. The first-order valence-corrected chi connectivity index (χ1v) is 10.5. The molecule has 1 saturated heterocycles. The van der Waals surface area contributed by atoms with Gasteiger partial charge in [0.25, 0.3) is 0 Å². The summed E-state index contributed by atoms with van der Waals surface area (Å²) in [6.45, 7) is 0.471. The molecule has 2 aromatic carbocycles. The molecule has 1 aliphatic rings. The molecule has 0 bridgehead atoms. The number of nitrogens with zero attached hydrogens (tertiary/aromatic N) is 3. The summed E-state index contributed by atoms with van der Waals surface area (Å²) in [5, 5.41) is 16.4. The Kier molecular flexibility index (Phi) is 6.62. The molecule has 0 saturated carbocycles. The SMILES string of the molecule is O=C(NCc1cccc(F)c1)Nc1cc(N2CCCC2c2cc(F)ccc2F)ncc1[N+](=O)[O-]. The molecule has 11 heteroatoms. The monoisotopic (exact) mass is 471 g/mol. The molecule has 34 heavy (non-hydrogen) atoms. The van der Waals surface area contributed by atoms with Crippen LogP contribution < -0.4 is 15.5 Å². The van der Waals surface area contributed by atoms with Crippen LogP contribution in [0.3, 0.4) is 0 Å². The quantitative estimate of drug-likeness (QED) is 0.386. The van der Waals surface area contributed by atoms with E-state index in [1.165, 1.54) is 24.3 Å². The first kappa shape index (κ1) is 23.0. The van der Waals surface area contributed by atoms with Gasteiger partial charge in [-0.05, 0) is 48.7 Å². The fourth-order valence-corrected chi connectivity index (χ4v) is 3.97. The number of nitro groups is 1. The van der Waals surface area contributed by atoms with E-state index in [2.05, 4.69) is 15.6 Å². The van der Waals surface area contributed by atoms with Crippen molar-refractivity contribution in [2.75, 3.05) is 16.8 Å². The second-order valence-corrected chi connectivity index (χ2v) is 7.77. The van der Waals surface area contributed by atoms with Crippen LogP contribution in [0.5, 0.6) is 0 Å². The number of amides is 2. The third-order valence-electron chi connectivity index (χ3n) is 5.52. The third kappa shape index (κ3) is 5.08. The Balaban J connectivity index is 1.56. The second-order valence-electron chi connectivity index (χ2n) is 7.77. The van der Waals surface area contributed by atoms with Crippen LogP contribution in [0, 0.1) is 27.6 Å². The molecule has 8 nitrogen and oxygen atoms in total. The number of aromatic nitrogens is 1. The highest BCUT2D eigenvalue weighted by Crippen LogP contribution is 2.38. The summed E-state index contributed by atoms with van der Waals surface area (Å²) in [5.74, 6) is -1.31. The topological polar surface area (TPSA) is 100 Å². The summed E-state index contributed by atoms with van der Waals surface area (Å²) in [5.41, 5.74) is 0.131. The molecule has 3 aromatic rings. The van der Waals surface area contributed by atoms with Gasteiger partial charge in [0.15, 0.2) is 0 Å². The zero-order valence-corrected chi connectivity index (χ0v) is 17.8. The molecule has 4 rings (SSSR count). The van der Waals surface area contributed by atoms with E-state index in [1.807, 2.05) is 0 Å². The van der Waals surface area contributed by atoms with Gasteiger partial charge >= 0.3 is 11.7 Å². The van der Waals surface area contributed by atoms with Crippen LogP contribution in [0.2, 0.25) is 0 Å². The van der Waals surface area contributed by atoms with E-state index in [-0.39, 0.29) is 23.6 Å². The summed E-state index contributed by atoms with van der Waals surface area (Å²) in [6, 6.07) is 8.94. The minimum Gasteiger partial charge on any atom is -0.349 e. The maximum Gasteiger partial charge on any atom is 0.319 e. The standard InChI is InChI=1S/C23H20F3N5O3/c24-15-4-1-3-14(9-15)12-28-23(32)29-19-11-22(27-13-21(19)31(33)34)30-8-2-5-20(30)17-10-16(25)6-7-18(17)26/h1,3-4,6-7,9-11,13,20H,2,5,8,12H2,(H2,27,28,29,32). The number of anilines is 2. The minimum atomic E-state index is -0.737. The molecule has 1 aromatic heterocycles. The van der Waals surface area contributed by atoms with Gasteiger partial charge in [-0.3, -0.25) is 10.1 Å². The van der Waals surface area contributed by atoms with E-state index < -0.39 is 40.1 Å². The number of carbonyl (C=O) groups is 1. The molecule has 2 amide bonds. The first-order valence-electron chi connectivity index (χ1n) is 10.5. The van der Waals surface area contributed by atoms with E-state index in [0.29, 0.717) is 24.9 Å². The molecule has 1 unspecified atom stereocenters. The Morgan fingerprint density at radius 2 is 1.94 bits per heavy atom. The van der Waals surface area contributed by atoms with Crippen molar-refractivity contribution in [3.8, 4) is 0 Å². The number of rotatable bonds is 6. The molecular weight excluding hydrogens is 451 g/mol. The van der Waals surface area contributed by atoms with Crippen molar-refractivity contribution in [3.63, 3.8) is 0 Å². The van der Waals surface area contributed by atoms with Crippen LogP contribution in [0.15, 0.2) is 54.7 Å². The number of halogens is 3. The van der Waals surface area contributed by atoms with E-state index in [9.17, 15) is 28.1 Å². The number of hydrogen-bond acceptors (Lipinski definition) is 5. The van der Waals surface area contributed by atoms with Gasteiger partial charge in [0.1, 0.15) is 35.2 Å². The predicted molar refractivity (Wildman–Crippen MR) is 119 cm³/mol. The highest BCUT2D eigenvalue weighted by molar-refractivity contribution is 5.92. The minimum absolute atomic E-state index is 0.00236. The van der Waals surface area contributed by atoms with Crippen molar-refractivity contribution in [1.82, 2.24) is 10.3 Å². The Morgan fingerprint density at radius 3 is 2.71 bits per heavy atom. The van der Waals surface area contributed by atoms with E-state index in [1.54, 1.807) is 11.0 Å². The van der Waals surface area contributed by atoms with E-state index >= 15 is 0 Å². The average molecular weight is 471 g/mol. The maximum absolute atomic E-state index is 14.4. The fourth-order valence-electron chi connectivity index (χ4n) is 3.97. The van der Waals surface area contributed by atoms with E-state index in [0.717, 1.165) is 24.4 Å². The zero-order chi connectivity index (χ0) is 24.2. The lowest BCUT2D eigenvalue weighted by molar-refractivity contribution is -0.384. The summed E-state index contributed by atoms with van der Waals surface area (Å²) < 4.78 is 41.5. The van der Waals surface area contributed by atoms with Crippen LogP contribution >= 0.6 is 0 Å². The van der Waals surface area contributed by atoms with Gasteiger partial charge in [-0.15, -0.1) is 0 Å². The molecule has 0 radical (unpaired) electrons. The largest absolute Gasteiger partial charge is 0.349 e. The van der Waals surface area contributed by atoms with Crippen LogP contribution in [0.1, 0.15) is 30.0 Å². The van der Waals surface area contributed by atoms with Crippen LogP contribution in [-0.2, 0) is 6.54 Å². The molecular formula is C23H20F3N5O3. The Morgan fingerprint density at radius 1 is 1.15 bits per heavy atom.